The van der Waals surface area contributed by atoms with Crippen LogP contribution < -0.4 is 15.1 Å². The van der Waals surface area contributed by atoms with Gasteiger partial charge in [0.1, 0.15) is 0 Å². The number of hydrogen-bond acceptors (Lipinski definition) is 8. The van der Waals surface area contributed by atoms with Crippen LogP contribution in [0.2, 0.25) is 0 Å². The van der Waals surface area contributed by atoms with E-state index in [1.165, 1.54) is 10.4 Å². The third kappa shape index (κ3) is 6.05. The summed E-state index contributed by atoms with van der Waals surface area (Å²) in [5, 5.41) is 9.36. The molecule has 0 aliphatic carbocycles. The minimum Gasteiger partial charge on any atom is -0.491 e. The van der Waals surface area contributed by atoms with Crippen LogP contribution >= 0.6 is 0 Å². The average molecular weight is 517 g/mol. The van der Waals surface area contributed by atoms with Gasteiger partial charge in [-0.3, -0.25) is 10.0 Å². The highest BCUT2D eigenvalue weighted by molar-refractivity contribution is 7.91. The van der Waals surface area contributed by atoms with Crippen molar-refractivity contribution in [3.05, 3.63) is 24.0 Å². The number of nitrogens with zero attached hydrogens (tertiary/aromatic N) is 3. The summed E-state index contributed by atoms with van der Waals surface area (Å²) in [5.41, 5.74) is 2.24. The lowest BCUT2D eigenvalue weighted by atomic mass is 9.95. The predicted octanol–water partition coefficient (Wildman–Crippen LogP) is 1.44. The van der Waals surface area contributed by atoms with E-state index in [4.69, 9.17) is 9.47 Å². The zero-order chi connectivity index (χ0) is 25.5. The molecule has 1 aromatic rings. The Balaban J connectivity index is 1.67. The molecule has 1 aromatic carbocycles. The standard InChI is InChI=1S/C23H37FN4O6S/c1-3-4-16-34-21-6-5-19(18-20(21)24)27-11-13-28(14-12-27)35(31,32)23(22(29)25-30)7-9-26(10-8-23)15-17-33-2/h5-6,18,30H,3-4,7-17H2,1-2H3,(H,25,29). The third-order valence-corrected chi connectivity index (χ3v) is 9.53. The van der Waals surface area contributed by atoms with Gasteiger partial charge in [0.05, 0.1) is 13.2 Å². The van der Waals surface area contributed by atoms with Gasteiger partial charge in [-0.25, -0.2) is 18.3 Å². The van der Waals surface area contributed by atoms with Gasteiger partial charge in [0.15, 0.2) is 16.3 Å². The summed E-state index contributed by atoms with van der Waals surface area (Å²) in [7, 11) is -2.45. The van der Waals surface area contributed by atoms with Crippen LogP contribution in [-0.4, -0.2) is 99.6 Å². The molecule has 0 saturated carbocycles. The summed E-state index contributed by atoms with van der Waals surface area (Å²) in [6.07, 6.45) is 1.96. The van der Waals surface area contributed by atoms with Crippen molar-refractivity contribution in [2.24, 2.45) is 0 Å². The fourth-order valence-electron chi connectivity index (χ4n) is 4.63. The summed E-state index contributed by atoms with van der Waals surface area (Å²) in [5.74, 6) is -1.14. The van der Waals surface area contributed by atoms with Crippen LogP contribution in [0.15, 0.2) is 18.2 Å². The molecule has 0 aromatic heterocycles. The van der Waals surface area contributed by atoms with Crippen molar-refractivity contribution >= 4 is 21.6 Å². The molecule has 2 aliphatic rings. The highest BCUT2D eigenvalue weighted by atomic mass is 32.2. The molecule has 35 heavy (non-hydrogen) atoms. The van der Waals surface area contributed by atoms with E-state index in [1.54, 1.807) is 24.7 Å². The molecule has 2 heterocycles. The zero-order valence-corrected chi connectivity index (χ0v) is 21.4. The monoisotopic (exact) mass is 516 g/mol. The molecular formula is C23H37FN4O6S. The Kier molecular flexibility index (Phi) is 9.70. The van der Waals surface area contributed by atoms with Crippen LogP contribution in [0.3, 0.4) is 0 Å². The number of unbranched alkanes of at least 4 members (excludes halogenated alkanes) is 1. The number of sulfonamides is 1. The van der Waals surface area contributed by atoms with Gasteiger partial charge < -0.3 is 19.3 Å². The molecule has 12 heteroatoms. The molecule has 3 rings (SSSR count). The molecule has 1 amide bonds. The molecule has 0 bridgehead atoms. The first-order chi connectivity index (χ1) is 16.8. The molecule has 0 atom stereocenters. The summed E-state index contributed by atoms with van der Waals surface area (Å²) < 4.78 is 52.0. The second-order valence-electron chi connectivity index (χ2n) is 8.98. The molecule has 0 spiro atoms. The van der Waals surface area contributed by atoms with E-state index in [1.807, 2.05) is 16.7 Å². The van der Waals surface area contributed by atoms with Gasteiger partial charge in [-0.05, 0) is 31.4 Å². The van der Waals surface area contributed by atoms with E-state index < -0.39 is 26.5 Å². The Bertz CT molecular complexity index is 947. The summed E-state index contributed by atoms with van der Waals surface area (Å²) in [4.78, 5) is 16.6. The van der Waals surface area contributed by atoms with E-state index in [9.17, 15) is 22.8 Å². The van der Waals surface area contributed by atoms with Crippen molar-refractivity contribution in [1.82, 2.24) is 14.7 Å². The highest BCUT2D eigenvalue weighted by Crippen LogP contribution is 2.35. The molecule has 0 unspecified atom stereocenters. The van der Waals surface area contributed by atoms with Gasteiger partial charge in [-0.1, -0.05) is 13.3 Å². The topological polar surface area (TPSA) is 112 Å². The minimum absolute atomic E-state index is 0.0797. The van der Waals surface area contributed by atoms with Crippen molar-refractivity contribution in [2.75, 3.05) is 71.0 Å². The van der Waals surface area contributed by atoms with Crippen LogP contribution in [0, 0.1) is 5.82 Å². The molecule has 2 fully saturated rings. The van der Waals surface area contributed by atoms with Crippen LogP contribution in [0.25, 0.3) is 0 Å². The Morgan fingerprint density at radius 2 is 1.83 bits per heavy atom. The number of ether oxygens (including phenoxy) is 2. The summed E-state index contributed by atoms with van der Waals surface area (Å²) >= 11 is 0. The van der Waals surface area contributed by atoms with Crippen LogP contribution in [-0.2, 0) is 19.6 Å². The number of piperidine rings is 1. The predicted molar refractivity (Wildman–Crippen MR) is 130 cm³/mol. The molecule has 198 valence electrons. The third-order valence-electron chi connectivity index (χ3n) is 6.90. The number of hydroxylamine groups is 1. The first kappa shape index (κ1) is 27.6. The van der Waals surface area contributed by atoms with Crippen LogP contribution in [0.1, 0.15) is 32.6 Å². The van der Waals surface area contributed by atoms with E-state index in [0.29, 0.717) is 51.6 Å². The summed E-state index contributed by atoms with van der Waals surface area (Å²) in [6.45, 7) is 5.48. The van der Waals surface area contributed by atoms with Gasteiger partial charge >= 0.3 is 0 Å². The lowest BCUT2D eigenvalue weighted by Crippen LogP contribution is -2.63. The number of rotatable bonds is 11. The molecular weight excluding hydrogens is 479 g/mol. The maximum atomic E-state index is 14.5. The van der Waals surface area contributed by atoms with Crippen molar-refractivity contribution < 1.29 is 32.3 Å². The second-order valence-corrected chi connectivity index (χ2v) is 11.2. The molecule has 2 saturated heterocycles. The average Bonchev–Trinajstić information content (AvgIpc) is 2.88. The number of nitrogens with one attached hydrogen (secondary N) is 1. The maximum Gasteiger partial charge on any atom is 0.266 e. The fourth-order valence-corrected chi connectivity index (χ4v) is 6.74. The number of benzene rings is 1. The van der Waals surface area contributed by atoms with Crippen molar-refractivity contribution in [3.8, 4) is 5.75 Å². The number of anilines is 1. The number of hydrogen-bond donors (Lipinski definition) is 2. The highest BCUT2D eigenvalue weighted by Gasteiger charge is 2.55. The Morgan fingerprint density at radius 1 is 1.14 bits per heavy atom. The first-order valence-electron chi connectivity index (χ1n) is 12.1. The molecule has 0 radical (unpaired) electrons. The Labute approximate surface area is 207 Å². The van der Waals surface area contributed by atoms with Gasteiger partial charge in [-0.2, -0.15) is 4.31 Å². The SMILES string of the molecule is CCCCOc1ccc(N2CCN(S(=O)(=O)C3(C(=O)NO)CCN(CCOC)CC3)CC2)cc1F. The normalized spacial score (nSPS) is 19.5. The zero-order valence-electron chi connectivity index (χ0n) is 20.5. The number of piperazine rings is 1. The summed E-state index contributed by atoms with van der Waals surface area (Å²) in [6, 6.07) is 4.77. The smallest absolute Gasteiger partial charge is 0.266 e. The first-order valence-corrected chi connectivity index (χ1v) is 13.6. The van der Waals surface area contributed by atoms with E-state index in [-0.39, 0.29) is 31.7 Å². The van der Waals surface area contributed by atoms with Crippen LogP contribution in [0.4, 0.5) is 10.1 Å². The van der Waals surface area contributed by atoms with Gasteiger partial charge in [-0.15, -0.1) is 0 Å². The molecule has 2 N–H and O–H groups in total. The van der Waals surface area contributed by atoms with Gasteiger partial charge in [0.25, 0.3) is 5.91 Å². The number of amides is 1. The largest absolute Gasteiger partial charge is 0.491 e. The van der Waals surface area contributed by atoms with Crippen molar-refractivity contribution in [1.29, 1.82) is 0 Å². The Morgan fingerprint density at radius 3 is 2.40 bits per heavy atom. The lowest BCUT2D eigenvalue weighted by Gasteiger charge is -2.44. The second kappa shape index (κ2) is 12.3. The van der Waals surface area contributed by atoms with Crippen molar-refractivity contribution in [3.63, 3.8) is 0 Å². The number of carbonyl (C=O) groups excluding carboxylic acids is 1. The minimum atomic E-state index is -4.05. The maximum absolute atomic E-state index is 14.5. The fraction of sp³-hybridized carbons (Fsp3) is 0.696. The van der Waals surface area contributed by atoms with E-state index in [2.05, 4.69) is 0 Å². The molecule has 2 aliphatic heterocycles. The number of methoxy groups -OCH3 is 1. The van der Waals surface area contributed by atoms with E-state index >= 15 is 0 Å². The quantitative estimate of drug-likeness (QED) is 0.258. The lowest BCUT2D eigenvalue weighted by molar-refractivity contribution is -0.133. The number of likely N-dealkylation sites (tertiary alicyclic amines) is 1. The molecule has 10 nitrogen and oxygen atoms in total. The van der Waals surface area contributed by atoms with Gasteiger partial charge in [0.2, 0.25) is 10.0 Å². The Hall–Kier alpha value is -1.99. The number of halogens is 1. The van der Waals surface area contributed by atoms with Gasteiger partial charge in [0, 0.05) is 64.7 Å². The van der Waals surface area contributed by atoms with Crippen LogP contribution in [0.5, 0.6) is 5.75 Å². The van der Waals surface area contributed by atoms with E-state index in [0.717, 1.165) is 12.8 Å². The number of carbonyl (C=O) groups is 1. The van der Waals surface area contributed by atoms with Crippen molar-refractivity contribution in [2.45, 2.75) is 37.4 Å².